The van der Waals surface area contributed by atoms with Gasteiger partial charge in [0.1, 0.15) is 5.38 Å². The molecule has 0 aliphatic heterocycles. The lowest BCUT2D eigenvalue weighted by Crippen LogP contribution is -2.25. The Labute approximate surface area is 95.2 Å². The first-order valence-corrected chi connectivity index (χ1v) is 4.84. The topological polar surface area (TPSA) is 43.1 Å². The highest BCUT2D eigenvalue weighted by Gasteiger charge is 2.30. The van der Waals surface area contributed by atoms with Crippen LogP contribution in [-0.4, -0.2) is 11.3 Å². The van der Waals surface area contributed by atoms with Gasteiger partial charge in [-0.3, -0.25) is 4.79 Å². The maximum Gasteiger partial charge on any atom is 0.416 e. The van der Waals surface area contributed by atoms with Crippen LogP contribution in [0.15, 0.2) is 24.3 Å². The van der Waals surface area contributed by atoms with Crippen molar-refractivity contribution >= 4 is 17.5 Å². The standard InChI is InChI=1S/C10H9ClF3NO/c11-8(9(15)16)5-6-2-1-3-7(4-6)10(12,13)14/h1-4,8H,5H2,(H2,15,16). The van der Waals surface area contributed by atoms with E-state index in [9.17, 15) is 18.0 Å². The van der Waals surface area contributed by atoms with Crippen LogP contribution >= 0.6 is 11.6 Å². The lowest BCUT2D eigenvalue weighted by molar-refractivity contribution is -0.137. The second kappa shape index (κ2) is 4.74. The van der Waals surface area contributed by atoms with Gasteiger partial charge in [-0.2, -0.15) is 13.2 Å². The Morgan fingerprint density at radius 1 is 1.44 bits per heavy atom. The number of hydrogen-bond acceptors (Lipinski definition) is 1. The largest absolute Gasteiger partial charge is 0.416 e. The van der Waals surface area contributed by atoms with Gasteiger partial charge in [0.15, 0.2) is 0 Å². The molecule has 1 unspecified atom stereocenters. The number of halogens is 4. The van der Waals surface area contributed by atoms with Crippen LogP contribution < -0.4 is 5.73 Å². The number of amides is 1. The maximum atomic E-state index is 12.3. The molecule has 0 aliphatic rings. The molecule has 0 saturated carbocycles. The zero-order valence-electron chi connectivity index (χ0n) is 8.09. The first-order chi connectivity index (χ1) is 7.30. The van der Waals surface area contributed by atoms with Crippen LogP contribution in [0.4, 0.5) is 13.2 Å². The highest BCUT2D eigenvalue weighted by atomic mass is 35.5. The van der Waals surface area contributed by atoms with E-state index in [4.69, 9.17) is 17.3 Å². The fourth-order valence-electron chi connectivity index (χ4n) is 1.18. The van der Waals surface area contributed by atoms with Gasteiger partial charge in [0.2, 0.25) is 5.91 Å². The Bertz CT molecular complexity index is 392. The third kappa shape index (κ3) is 3.41. The number of carbonyl (C=O) groups is 1. The first kappa shape index (κ1) is 12.8. The molecule has 0 fully saturated rings. The van der Waals surface area contributed by atoms with Crippen LogP contribution in [0.3, 0.4) is 0 Å². The Morgan fingerprint density at radius 2 is 2.06 bits per heavy atom. The van der Waals surface area contributed by atoms with Crippen molar-refractivity contribution in [2.75, 3.05) is 0 Å². The molecule has 6 heteroatoms. The van der Waals surface area contributed by atoms with E-state index in [1.807, 2.05) is 0 Å². The second-order valence-corrected chi connectivity index (χ2v) is 3.80. The fourth-order valence-corrected chi connectivity index (χ4v) is 1.36. The number of benzene rings is 1. The summed E-state index contributed by atoms with van der Waals surface area (Å²) in [5.74, 6) is -0.751. The Kier molecular flexibility index (Phi) is 3.80. The molecule has 1 atom stereocenters. The minimum Gasteiger partial charge on any atom is -0.368 e. The molecule has 0 saturated heterocycles. The molecule has 0 bridgehead atoms. The average molecular weight is 252 g/mol. The molecule has 88 valence electrons. The van der Waals surface area contributed by atoms with Gasteiger partial charge in [-0.05, 0) is 18.1 Å². The minimum absolute atomic E-state index is 0.0131. The molecular weight excluding hydrogens is 243 g/mol. The molecule has 1 aromatic rings. The van der Waals surface area contributed by atoms with Crippen LogP contribution in [-0.2, 0) is 17.4 Å². The van der Waals surface area contributed by atoms with E-state index < -0.39 is 23.0 Å². The highest BCUT2D eigenvalue weighted by molar-refractivity contribution is 6.30. The van der Waals surface area contributed by atoms with E-state index in [0.29, 0.717) is 5.56 Å². The van der Waals surface area contributed by atoms with Gasteiger partial charge >= 0.3 is 6.18 Å². The van der Waals surface area contributed by atoms with Gasteiger partial charge in [0.25, 0.3) is 0 Å². The number of alkyl halides is 4. The maximum absolute atomic E-state index is 12.3. The van der Waals surface area contributed by atoms with E-state index in [1.165, 1.54) is 12.1 Å². The predicted octanol–water partition coefficient (Wildman–Crippen LogP) is 2.34. The van der Waals surface area contributed by atoms with Gasteiger partial charge < -0.3 is 5.73 Å². The van der Waals surface area contributed by atoms with Gasteiger partial charge in [-0.15, -0.1) is 11.6 Å². The number of primary amides is 1. The van der Waals surface area contributed by atoms with Crippen molar-refractivity contribution in [2.45, 2.75) is 18.0 Å². The third-order valence-electron chi connectivity index (χ3n) is 1.98. The number of rotatable bonds is 3. The molecule has 2 nitrogen and oxygen atoms in total. The summed E-state index contributed by atoms with van der Waals surface area (Å²) >= 11 is 5.56. The van der Waals surface area contributed by atoms with Crippen LogP contribution in [0, 0.1) is 0 Å². The van der Waals surface area contributed by atoms with Gasteiger partial charge in [0.05, 0.1) is 5.56 Å². The molecule has 1 rings (SSSR count). The summed E-state index contributed by atoms with van der Waals surface area (Å²) in [5, 5.41) is -0.997. The molecule has 0 radical (unpaired) electrons. The number of nitrogens with two attached hydrogens (primary N) is 1. The molecule has 0 aliphatic carbocycles. The van der Waals surface area contributed by atoms with Crippen molar-refractivity contribution in [3.8, 4) is 0 Å². The summed E-state index contributed by atoms with van der Waals surface area (Å²) in [4.78, 5) is 10.7. The minimum atomic E-state index is -4.40. The Balaban J connectivity index is 2.87. The monoisotopic (exact) mass is 251 g/mol. The van der Waals surface area contributed by atoms with Gasteiger partial charge in [0, 0.05) is 0 Å². The third-order valence-corrected chi connectivity index (χ3v) is 2.35. The smallest absolute Gasteiger partial charge is 0.368 e. The van der Waals surface area contributed by atoms with Crippen molar-refractivity contribution in [2.24, 2.45) is 5.73 Å². The summed E-state index contributed by atoms with van der Waals surface area (Å²) in [6.45, 7) is 0. The Morgan fingerprint density at radius 3 is 2.56 bits per heavy atom. The molecule has 1 amide bonds. The Hall–Kier alpha value is -1.23. The molecule has 1 aromatic carbocycles. The van der Waals surface area contributed by atoms with E-state index in [-0.39, 0.29) is 6.42 Å². The zero-order valence-corrected chi connectivity index (χ0v) is 8.85. The number of carbonyl (C=O) groups excluding carboxylic acids is 1. The molecule has 16 heavy (non-hydrogen) atoms. The van der Waals surface area contributed by atoms with Crippen molar-refractivity contribution in [3.63, 3.8) is 0 Å². The van der Waals surface area contributed by atoms with Crippen molar-refractivity contribution in [1.82, 2.24) is 0 Å². The van der Waals surface area contributed by atoms with Crippen LogP contribution in [0.25, 0.3) is 0 Å². The van der Waals surface area contributed by atoms with Crippen LogP contribution in [0.2, 0.25) is 0 Å². The predicted molar refractivity (Wildman–Crippen MR) is 54.0 cm³/mol. The number of hydrogen-bond donors (Lipinski definition) is 1. The zero-order chi connectivity index (χ0) is 12.3. The summed E-state index contributed by atoms with van der Waals surface area (Å²) < 4.78 is 37.0. The van der Waals surface area contributed by atoms with E-state index in [2.05, 4.69) is 0 Å². The van der Waals surface area contributed by atoms with Crippen molar-refractivity contribution < 1.29 is 18.0 Å². The fraction of sp³-hybridized carbons (Fsp3) is 0.300. The van der Waals surface area contributed by atoms with E-state index >= 15 is 0 Å². The molecule has 0 spiro atoms. The summed E-state index contributed by atoms with van der Waals surface area (Å²) in [6, 6.07) is 4.64. The van der Waals surface area contributed by atoms with Gasteiger partial charge in [-0.25, -0.2) is 0 Å². The molecule has 0 heterocycles. The van der Waals surface area contributed by atoms with E-state index in [1.54, 1.807) is 0 Å². The van der Waals surface area contributed by atoms with E-state index in [0.717, 1.165) is 12.1 Å². The summed E-state index contributed by atoms with van der Waals surface area (Å²) in [7, 11) is 0. The lowest BCUT2D eigenvalue weighted by Gasteiger charge is -2.09. The van der Waals surface area contributed by atoms with Crippen LogP contribution in [0.1, 0.15) is 11.1 Å². The molecule has 0 aromatic heterocycles. The average Bonchev–Trinajstić information content (AvgIpc) is 2.16. The second-order valence-electron chi connectivity index (χ2n) is 3.27. The van der Waals surface area contributed by atoms with Crippen LogP contribution in [0.5, 0.6) is 0 Å². The molecule has 2 N–H and O–H groups in total. The lowest BCUT2D eigenvalue weighted by atomic mass is 10.1. The highest BCUT2D eigenvalue weighted by Crippen LogP contribution is 2.29. The SMILES string of the molecule is NC(=O)C(Cl)Cc1cccc(C(F)(F)F)c1. The van der Waals surface area contributed by atoms with Crippen molar-refractivity contribution in [3.05, 3.63) is 35.4 Å². The molecular formula is C10H9ClF3NO. The summed E-state index contributed by atoms with van der Waals surface area (Å²) in [6.07, 6.45) is -4.41. The van der Waals surface area contributed by atoms with Crippen molar-refractivity contribution in [1.29, 1.82) is 0 Å². The normalized spacial score (nSPS) is 13.5. The van der Waals surface area contributed by atoms with Gasteiger partial charge in [-0.1, -0.05) is 18.2 Å². The summed E-state index contributed by atoms with van der Waals surface area (Å²) in [5.41, 5.74) is 4.48. The quantitative estimate of drug-likeness (QED) is 0.824. The first-order valence-electron chi connectivity index (χ1n) is 4.40.